The van der Waals surface area contributed by atoms with Crippen LogP contribution >= 0.6 is 11.3 Å². The Bertz CT molecular complexity index is 947. The molecule has 0 radical (unpaired) electrons. The van der Waals surface area contributed by atoms with Gasteiger partial charge in [0.25, 0.3) is 0 Å². The van der Waals surface area contributed by atoms with Crippen molar-refractivity contribution < 1.29 is 4.42 Å². The topological polar surface area (TPSA) is 30.2 Å². The summed E-state index contributed by atoms with van der Waals surface area (Å²) in [5, 5.41) is 3.93. The fraction of sp³-hybridized carbons (Fsp3) is 0. The van der Waals surface area contributed by atoms with Gasteiger partial charge in [-0.3, -0.25) is 4.79 Å². The Balaban J connectivity index is 2.40. The zero-order chi connectivity index (χ0) is 12.1. The summed E-state index contributed by atoms with van der Waals surface area (Å²) in [6.07, 6.45) is 1.58. The second-order valence-electron chi connectivity index (χ2n) is 4.22. The smallest absolute Gasteiger partial charge is 0.244 e. The summed E-state index contributed by atoms with van der Waals surface area (Å²) < 4.78 is 6.53. The normalized spacial score (nSPS) is 11.6. The van der Waals surface area contributed by atoms with E-state index in [9.17, 15) is 4.79 Å². The molecule has 2 nitrogen and oxygen atoms in total. The molecule has 0 saturated carbocycles. The van der Waals surface area contributed by atoms with Gasteiger partial charge in [-0.15, -0.1) is 0 Å². The van der Waals surface area contributed by atoms with Gasteiger partial charge in [0.15, 0.2) is 0 Å². The molecule has 0 saturated heterocycles. The average Bonchev–Trinajstić information content (AvgIpc) is 2.89. The molecule has 4 rings (SSSR count). The molecule has 0 N–H and O–H groups in total. The number of furan rings is 1. The van der Waals surface area contributed by atoms with Crippen molar-refractivity contribution in [3.8, 4) is 0 Å². The molecule has 4 aromatic rings. The zero-order valence-electron chi connectivity index (χ0n) is 9.34. The Hall–Kier alpha value is -2.13. The van der Waals surface area contributed by atoms with Gasteiger partial charge in [-0.05, 0) is 22.9 Å². The summed E-state index contributed by atoms with van der Waals surface area (Å²) in [7, 11) is 0. The first-order valence-electron chi connectivity index (χ1n) is 5.66. The van der Waals surface area contributed by atoms with Crippen LogP contribution in [0.25, 0.3) is 31.8 Å². The van der Waals surface area contributed by atoms with Crippen LogP contribution in [0.3, 0.4) is 0 Å². The Kier molecular flexibility index (Phi) is 1.88. The number of benzene rings is 2. The molecule has 0 unspecified atom stereocenters. The molecule has 0 aliphatic rings. The van der Waals surface area contributed by atoms with Crippen LogP contribution in [0, 0.1) is 0 Å². The third-order valence-corrected chi connectivity index (χ3v) is 4.25. The monoisotopic (exact) mass is 252 g/mol. The standard InChI is InChI=1S/C15H8O2S/c16-15-12-7-8-17-13(12)11-6-5-9-3-1-2-4-10(9)14(11)18-15/h1-8H. The summed E-state index contributed by atoms with van der Waals surface area (Å²) in [6, 6.07) is 13.9. The van der Waals surface area contributed by atoms with Crippen molar-refractivity contribution >= 4 is 43.2 Å². The van der Waals surface area contributed by atoms with Gasteiger partial charge in [0, 0.05) is 10.1 Å². The molecule has 86 valence electrons. The minimum atomic E-state index is 0.0580. The Morgan fingerprint density at radius 1 is 0.889 bits per heavy atom. The van der Waals surface area contributed by atoms with Crippen molar-refractivity contribution in [2.45, 2.75) is 0 Å². The van der Waals surface area contributed by atoms with Gasteiger partial charge in [0.2, 0.25) is 4.74 Å². The van der Waals surface area contributed by atoms with Gasteiger partial charge >= 0.3 is 0 Å². The third kappa shape index (κ3) is 1.19. The lowest BCUT2D eigenvalue weighted by atomic mass is 10.1. The Morgan fingerprint density at radius 2 is 1.78 bits per heavy atom. The maximum absolute atomic E-state index is 12.1. The van der Waals surface area contributed by atoms with Gasteiger partial charge in [-0.1, -0.05) is 41.7 Å². The lowest BCUT2D eigenvalue weighted by Crippen LogP contribution is -1.93. The molecular formula is C15H8O2S. The highest BCUT2D eigenvalue weighted by Gasteiger charge is 2.10. The minimum absolute atomic E-state index is 0.0580. The molecule has 2 heterocycles. The predicted octanol–water partition coefficient (Wildman–Crippen LogP) is 4.16. The van der Waals surface area contributed by atoms with E-state index in [0.717, 1.165) is 20.9 Å². The van der Waals surface area contributed by atoms with Crippen molar-refractivity contribution in [1.29, 1.82) is 0 Å². The van der Waals surface area contributed by atoms with Crippen LogP contribution in [-0.2, 0) is 0 Å². The second kappa shape index (κ2) is 3.43. The largest absolute Gasteiger partial charge is 0.463 e. The molecule has 0 spiro atoms. The van der Waals surface area contributed by atoms with Crippen LogP contribution < -0.4 is 4.74 Å². The van der Waals surface area contributed by atoms with E-state index >= 15 is 0 Å². The summed E-state index contributed by atoms with van der Waals surface area (Å²) in [5.41, 5.74) is 0.694. The average molecular weight is 252 g/mol. The highest BCUT2D eigenvalue weighted by atomic mass is 32.1. The summed E-state index contributed by atoms with van der Waals surface area (Å²) >= 11 is 1.29. The molecule has 0 fully saturated rings. The Labute approximate surface area is 106 Å². The first kappa shape index (κ1) is 9.85. The van der Waals surface area contributed by atoms with E-state index in [1.165, 1.54) is 11.3 Å². The number of rotatable bonds is 0. The van der Waals surface area contributed by atoms with Crippen molar-refractivity contribution in [3.05, 3.63) is 58.3 Å². The number of hydrogen-bond acceptors (Lipinski definition) is 3. The van der Waals surface area contributed by atoms with Gasteiger partial charge < -0.3 is 4.42 Å². The minimum Gasteiger partial charge on any atom is -0.463 e. The van der Waals surface area contributed by atoms with Crippen molar-refractivity contribution in [2.75, 3.05) is 0 Å². The first-order chi connectivity index (χ1) is 8.84. The van der Waals surface area contributed by atoms with Crippen LogP contribution in [0.4, 0.5) is 0 Å². The number of hydrogen-bond donors (Lipinski definition) is 0. The fourth-order valence-electron chi connectivity index (χ4n) is 2.36. The maximum atomic E-state index is 12.1. The van der Waals surface area contributed by atoms with Gasteiger partial charge in [-0.25, -0.2) is 0 Å². The molecule has 0 amide bonds. The van der Waals surface area contributed by atoms with E-state index in [2.05, 4.69) is 12.1 Å². The molecule has 2 aromatic heterocycles. The van der Waals surface area contributed by atoms with E-state index in [4.69, 9.17) is 4.42 Å². The molecule has 0 bridgehead atoms. The molecule has 18 heavy (non-hydrogen) atoms. The summed E-state index contributed by atoms with van der Waals surface area (Å²) in [5.74, 6) is 0. The van der Waals surface area contributed by atoms with Gasteiger partial charge in [0.05, 0.1) is 11.6 Å². The van der Waals surface area contributed by atoms with E-state index < -0.39 is 0 Å². The molecule has 0 aliphatic heterocycles. The molecule has 0 atom stereocenters. The zero-order valence-corrected chi connectivity index (χ0v) is 10.2. The second-order valence-corrected chi connectivity index (χ2v) is 5.20. The summed E-state index contributed by atoms with van der Waals surface area (Å²) in [4.78, 5) is 12.1. The maximum Gasteiger partial charge on any atom is 0.244 e. The Morgan fingerprint density at radius 3 is 2.72 bits per heavy atom. The van der Waals surface area contributed by atoms with Crippen LogP contribution in [-0.4, -0.2) is 0 Å². The van der Waals surface area contributed by atoms with Crippen LogP contribution in [0.1, 0.15) is 0 Å². The third-order valence-electron chi connectivity index (χ3n) is 3.20. The van der Waals surface area contributed by atoms with E-state index in [1.807, 2.05) is 24.3 Å². The lowest BCUT2D eigenvalue weighted by Gasteiger charge is -2.02. The summed E-state index contributed by atoms with van der Waals surface area (Å²) in [6.45, 7) is 0. The number of fused-ring (bicyclic) bond motifs is 5. The molecular weight excluding hydrogens is 244 g/mol. The van der Waals surface area contributed by atoms with Crippen LogP contribution in [0.15, 0.2) is 57.9 Å². The predicted molar refractivity (Wildman–Crippen MR) is 75.4 cm³/mol. The first-order valence-corrected chi connectivity index (χ1v) is 6.48. The van der Waals surface area contributed by atoms with E-state index in [1.54, 1.807) is 12.3 Å². The van der Waals surface area contributed by atoms with Crippen LogP contribution in [0.5, 0.6) is 0 Å². The lowest BCUT2D eigenvalue weighted by molar-refractivity contribution is 0.619. The van der Waals surface area contributed by atoms with Gasteiger partial charge in [0.1, 0.15) is 5.58 Å². The van der Waals surface area contributed by atoms with Gasteiger partial charge in [-0.2, -0.15) is 0 Å². The van der Waals surface area contributed by atoms with Crippen molar-refractivity contribution in [1.82, 2.24) is 0 Å². The molecule has 3 heteroatoms. The van der Waals surface area contributed by atoms with E-state index in [0.29, 0.717) is 11.0 Å². The molecule has 0 aliphatic carbocycles. The van der Waals surface area contributed by atoms with Crippen molar-refractivity contribution in [3.63, 3.8) is 0 Å². The van der Waals surface area contributed by atoms with Crippen molar-refractivity contribution in [2.24, 2.45) is 0 Å². The molecule has 2 aromatic carbocycles. The van der Waals surface area contributed by atoms with Crippen LogP contribution in [0.2, 0.25) is 0 Å². The highest BCUT2D eigenvalue weighted by Crippen LogP contribution is 2.31. The SMILES string of the molecule is O=c1sc2c3ccccc3ccc2c2occc12. The fourth-order valence-corrected chi connectivity index (χ4v) is 3.38. The quantitative estimate of drug-likeness (QED) is 0.440. The van der Waals surface area contributed by atoms with E-state index in [-0.39, 0.29) is 4.74 Å². The highest BCUT2D eigenvalue weighted by molar-refractivity contribution is 7.18.